The fourth-order valence-electron chi connectivity index (χ4n) is 1.39. The average Bonchev–Trinajstić information content (AvgIpc) is 3.00. The number of hydrogen-bond acceptors (Lipinski definition) is 2. The zero-order chi connectivity index (χ0) is 10.0. The minimum Gasteiger partial charge on any atom is -0.370 e. The van der Waals surface area contributed by atoms with Crippen LogP contribution < -0.4 is 0 Å². The lowest BCUT2D eigenvalue weighted by Crippen LogP contribution is -2.31. The van der Waals surface area contributed by atoms with Crippen LogP contribution in [-0.4, -0.2) is 18.3 Å². The van der Waals surface area contributed by atoms with Crippen LogP contribution in [0.2, 0.25) is 0 Å². The molecule has 2 rings (SSSR count). The highest BCUT2D eigenvalue weighted by atomic mass is 16.6. The van der Waals surface area contributed by atoms with E-state index in [1.165, 1.54) is 5.56 Å². The van der Waals surface area contributed by atoms with E-state index >= 15 is 0 Å². The summed E-state index contributed by atoms with van der Waals surface area (Å²) in [7, 11) is 0. The van der Waals surface area contributed by atoms with Crippen LogP contribution >= 0.6 is 0 Å². The molecule has 0 saturated carbocycles. The molecule has 1 aromatic carbocycles. The Labute approximate surface area is 84.8 Å². The summed E-state index contributed by atoms with van der Waals surface area (Å²) in [5, 5.41) is 0. The van der Waals surface area contributed by atoms with Crippen LogP contribution in [0.25, 0.3) is 0 Å². The highest BCUT2D eigenvalue weighted by Crippen LogP contribution is 2.28. The molecule has 1 heterocycles. The molecule has 0 bridgehead atoms. The maximum absolute atomic E-state index is 5.81. The molecule has 76 valence electrons. The van der Waals surface area contributed by atoms with Crippen molar-refractivity contribution in [2.24, 2.45) is 0 Å². The molecule has 1 saturated heterocycles. The van der Waals surface area contributed by atoms with Gasteiger partial charge in [0.05, 0.1) is 18.8 Å². The molecule has 1 fully saturated rings. The van der Waals surface area contributed by atoms with Crippen molar-refractivity contribution < 1.29 is 9.47 Å². The Kier molecular flexibility index (Phi) is 2.57. The van der Waals surface area contributed by atoms with Crippen molar-refractivity contribution >= 4 is 0 Å². The molecule has 1 aliphatic heterocycles. The van der Waals surface area contributed by atoms with Gasteiger partial charge in [0.1, 0.15) is 6.10 Å². The average molecular weight is 192 g/mol. The van der Waals surface area contributed by atoms with E-state index in [4.69, 9.17) is 9.47 Å². The topological polar surface area (TPSA) is 21.8 Å². The van der Waals surface area contributed by atoms with Gasteiger partial charge in [-0.1, -0.05) is 30.3 Å². The van der Waals surface area contributed by atoms with Gasteiger partial charge in [-0.15, -0.1) is 0 Å². The maximum atomic E-state index is 5.81. The summed E-state index contributed by atoms with van der Waals surface area (Å²) >= 11 is 0. The standard InChI is InChI=1S/C12H16O2/c1-12(2,11-9-13-11)14-8-10-6-4-3-5-7-10/h3-7,11H,8-9H2,1-2H3. The summed E-state index contributed by atoms with van der Waals surface area (Å²) in [6.07, 6.45) is 0.284. The molecule has 0 aromatic heterocycles. The van der Waals surface area contributed by atoms with Crippen molar-refractivity contribution in [1.82, 2.24) is 0 Å². The lowest BCUT2D eigenvalue weighted by Gasteiger charge is -2.23. The number of benzene rings is 1. The predicted molar refractivity (Wildman–Crippen MR) is 55.1 cm³/mol. The molecule has 0 aliphatic carbocycles. The van der Waals surface area contributed by atoms with Crippen LogP contribution in [-0.2, 0) is 16.1 Å². The van der Waals surface area contributed by atoms with Gasteiger partial charge in [-0.25, -0.2) is 0 Å². The first kappa shape index (κ1) is 9.69. The minimum atomic E-state index is -0.157. The lowest BCUT2D eigenvalue weighted by molar-refractivity contribution is -0.0471. The molecule has 0 amide bonds. The number of epoxide rings is 1. The smallest absolute Gasteiger partial charge is 0.109 e. The van der Waals surface area contributed by atoms with Gasteiger partial charge < -0.3 is 9.47 Å². The predicted octanol–water partition coefficient (Wildman–Crippen LogP) is 2.38. The lowest BCUT2D eigenvalue weighted by atomic mass is 10.1. The molecule has 14 heavy (non-hydrogen) atoms. The first-order valence-corrected chi connectivity index (χ1v) is 4.98. The third-order valence-corrected chi connectivity index (χ3v) is 2.56. The Morgan fingerprint density at radius 1 is 1.36 bits per heavy atom. The Morgan fingerprint density at radius 2 is 2.00 bits per heavy atom. The van der Waals surface area contributed by atoms with E-state index in [-0.39, 0.29) is 11.7 Å². The molecule has 2 heteroatoms. The summed E-state index contributed by atoms with van der Waals surface area (Å²) in [4.78, 5) is 0. The molecule has 2 nitrogen and oxygen atoms in total. The van der Waals surface area contributed by atoms with Crippen LogP contribution in [0.4, 0.5) is 0 Å². The monoisotopic (exact) mass is 192 g/mol. The fourth-order valence-corrected chi connectivity index (χ4v) is 1.39. The maximum Gasteiger partial charge on any atom is 0.109 e. The Morgan fingerprint density at radius 3 is 2.57 bits per heavy atom. The third kappa shape index (κ3) is 2.34. The highest BCUT2D eigenvalue weighted by molar-refractivity contribution is 5.13. The van der Waals surface area contributed by atoms with Crippen LogP contribution in [0.1, 0.15) is 19.4 Å². The van der Waals surface area contributed by atoms with Crippen molar-refractivity contribution in [2.45, 2.75) is 32.2 Å². The summed E-state index contributed by atoms with van der Waals surface area (Å²) in [6.45, 7) is 5.65. The van der Waals surface area contributed by atoms with E-state index in [0.717, 1.165) is 6.61 Å². The zero-order valence-corrected chi connectivity index (χ0v) is 8.69. The second-order valence-electron chi connectivity index (χ2n) is 4.20. The van der Waals surface area contributed by atoms with Gasteiger partial charge in [0, 0.05) is 0 Å². The fraction of sp³-hybridized carbons (Fsp3) is 0.500. The van der Waals surface area contributed by atoms with Gasteiger partial charge in [0.2, 0.25) is 0 Å². The summed E-state index contributed by atoms with van der Waals surface area (Å²) in [5.41, 5.74) is 1.05. The van der Waals surface area contributed by atoms with Crippen LogP contribution in [0.15, 0.2) is 30.3 Å². The number of hydrogen-bond donors (Lipinski definition) is 0. The molecule has 1 aromatic rings. The van der Waals surface area contributed by atoms with Gasteiger partial charge in [0.15, 0.2) is 0 Å². The van der Waals surface area contributed by atoms with Crippen LogP contribution in [0, 0.1) is 0 Å². The molecule has 0 radical (unpaired) electrons. The van der Waals surface area contributed by atoms with E-state index in [9.17, 15) is 0 Å². The van der Waals surface area contributed by atoms with E-state index in [2.05, 4.69) is 26.0 Å². The van der Waals surface area contributed by atoms with Gasteiger partial charge in [-0.3, -0.25) is 0 Å². The van der Waals surface area contributed by atoms with Crippen molar-refractivity contribution in [3.05, 3.63) is 35.9 Å². The Hall–Kier alpha value is -0.860. The normalized spacial score (nSPS) is 20.9. The molecular weight excluding hydrogens is 176 g/mol. The quantitative estimate of drug-likeness (QED) is 0.683. The van der Waals surface area contributed by atoms with Gasteiger partial charge >= 0.3 is 0 Å². The van der Waals surface area contributed by atoms with E-state index in [1.807, 2.05) is 18.2 Å². The van der Waals surface area contributed by atoms with Gasteiger partial charge in [-0.05, 0) is 19.4 Å². The largest absolute Gasteiger partial charge is 0.370 e. The van der Waals surface area contributed by atoms with Gasteiger partial charge in [0.25, 0.3) is 0 Å². The second-order valence-corrected chi connectivity index (χ2v) is 4.20. The zero-order valence-electron chi connectivity index (χ0n) is 8.69. The minimum absolute atomic E-state index is 0.157. The number of rotatable bonds is 4. The third-order valence-electron chi connectivity index (χ3n) is 2.56. The Bertz CT molecular complexity index is 288. The first-order valence-electron chi connectivity index (χ1n) is 4.98. The van der Waals surface area contributed by atoms with Crippen molar-refractivity contribution in [3.8, 4) is 0 Å². The van der Waals surface area contributed by atoms with E-state index in [1.54, 1.807) is 0 Å². The molecular formula is C12H16O2. The van der Waals surface area contributed by atoms with Crippen molar-refractivity contribution in [3.63, 3.8) is 0 Å². The van der Waals surface area contributed by atoms with E-state index in [0.29, 0.717) is 6.61 Å². The molecule has 1 atom stereocenters. The molecule has 0 spiro atoms. The Balaban J connectivity index is 1.87. The van der Waals surface area contributed by atoms with Crippen molar-refractivity contribution in [1.29, 1.82) is 0 Å². The summed E-state index contributed by atoms with van der Waals surface area (Å²) in [5.74, 6) is 0. The summed E-state index contributed by atoms with van der Waals surface area (Å²) < 4.78 is 11.1. The van der Waals surface area contributed by atoms with E-state index < -0.39 is 0 Å². The molecule has 1 aliphatic rings. The first-order chi connectivity index (χ1) is 6.68. The number of ether oxygens (including phenoxy) is 2. The summed E-state index contributed by atoms with van der Waals surface area (Å²) in [6, 6.07) is 10.2. The van der Waals surface area contributed by atoms with Crippen LogP contribution in [0.3, 0.4) is 0 Å². The highest BCUT2D eigenvalue weighted by Gasteiger charge is 2.40. The second kappa shape index (κ2) is 3.71. The SMILES string of the molecule is CC(C)(OCc1ccccc1)C1CO1. The molecule has 0 N–H and O–H groups in total. The molecule has 1 unspecified atom stereocenters. The van der Waals surface area contributed by atoms with Crippen LogP contribution in [0.5, 0.6) is 0 Å². The van der Waals surface area contributed by atoms with Crippen molar-refractivity contribution in [2.75, 3.05) is 6.61 Å². The van der Waals surface area contributed by atoms with Gasteiger partial charge in [-0.2, -0.15) is 0 Å².